The number of unbranched alkanes of at least 4 members (excludes halogenated alkanes) is 7. The molecule has 0 saturated heterocycles. The third kappa shape index (κ3) is 15.7. The van der Waals surface area contributed by atoms with E-state index in [1.807, 2.05) is 0 Å². The lowest BCUT2D eigenvalue weighted by Gasteiger charge is -2.04. The number of rotatable bonds is 14. The Kier molecular flexibility index (Phi) is 15.3. The van der Waals surface area contributed by atoms with Crippen molar-refractivity contribution in [2.24, 2.45) is 0 Å². The third-order valence-electron chi connectivity index (χ3n) is 2.75. The number of ether oxygens (including phenoxy) is 2. The van der Waals surface area contributed by atoms with Crippen LogP contribution < -0.4 is 0 Å². The van der Waals surface area contributed by atoms with E-state index in [1.54, 1.807) is 6.08 Å². The van der Waals surface area contributed by atoms with Gasteiger partial charge in [-0.25, -0.2) is 0 Å². The topological polar surface area (TPSA) is 18.5 Å². The molecule has 0 radical (unpaired) electrons. The molecule has 0 aliphatic rings. The maximum Gasteiger partial charge on any atom is 0.0704 e. The molecule has 0 atom stereocenters. The Balaban J connectivity index is 2.87. The molecule has 0 fully saturated rings. The van der Waals surface area contributed by atoms with Crippen molar-refractivity contribution in [3.63, 3.8) is 0 Å². The predicted molar refractivity (Wildman–Crippen MR) is 74.4 cm³/mol. The monoisotopic (exact) mass is 242 g/mol. The standard InChI is InChI=1S/C15H30O2/c1-3-5-6-7-8-9-10-11-13-17-15-14-16-12-4-2/h4H,2-3,5-15H2,1H3. The molecular weight excluding hydrogens is 212 g/mol. The van der Waals surface area contributed by atoms with E-state index in [-0.39, 0.29) is 0 Å². The minimum atomic E-state index is 0.626. The quantitative estimate of drug-likeness (QED) is 0.333. The second-order valence-electron chi connectivity index (χ2n) is 4.45. The number of hydrogen-bond donors (Lipinski definition) is 0. The van der Waals surface area contributed by atoms with E-state index in [0.717, 1.165) is 6.61 Å². The molecule has 0 saturated carbocycles. The van der Waals surface area contributed by atoms with Gasteiger partial charge in [0.2, 0.25) is 0 Å². The van der Waals surface area contributed by atoms with Crippen LogP contribution in [0.25, 0.3) is 0 Å². The second kappa shape index (κ2) is 15.7. The van der Waals surface area contributed by atoms with Crippen LogP contribution in [0.2, 0.25) is 0 Å². The molecule has 0 aromatic rings. The van der Waals surface area contributed by atoms with Crippen LogP contribution in [0.3, 0.4) is 0 Å². The van der Waals surface area contributed by atoms with Crippen molar-refractivity contribution in [2.45, 2.75) is 58.3 Å². The Labute approximate surface area is 107 Å². The molecule has 0 aromatic carbocycles. The zero-order chi connectivity index (χ0) is 12.6. The lowest BCUT2D eigenvalue weighted by Crippen LogP contribution is -2.05. The van der Waals surface area contributed by atoms with E-state index in [9.17, 15) is 0 Å². The first kappa shape index (κ1) is 16.7. The van der Waals surface area contributed by atoms with Crippen molar-refractivity contribution in [1.82, 2.24) is 0 Å². The van der Waals surface area contributed by atoms with Crippen molar-refractivity contribution >= 4 is 0 Å². The summed E-state index contributed by atoms with van der Waals surface area (Å²) in [6.07, 6.45) is 12.6. The van der Waals surface area contributed by atoms with E-state index in [4.69, 9.17) is 9.47 Å². The van der Waals surface area contributed by atoms with Crippen LogP contribution in [0.4, 0.5) is 0 Å². The van der Waals surface area contributed by atoms with Gasteiger partial charge < -0.3 is 9.47 Å². The molecule has 17 heavy (non-hydrogen) atoms. The molecule has 0 N–H and O–H groups in total. The van der Waals surface area contributed by atoms with Gasteiger partial charge in [-0.3, -0.25) is 0 Å². The maximum atomic E-state index is 5.47. The maximum absolute atomic E-state index is 5.47. The van der Waals surface area contributed by atoms with Gasteiger partial charge in [-0.05, 0) is 6.42 Å². The van der Waals surface area contributed by atoms with Crippen LogP contribution in [0, 0.1) is 0 Å². The van der Waals surface area contributed by atoms with Crippen LogP contribution in [-0.4, -0.2) is 26.4 Å². The Morgan fingerprint density at radius 2 is 1.35 bits per heavy atom. The molecule has 0 rings (SSSR count). The Hall–Kier alpha value is -0.340. The third-order valence-corrected chi connectivity index (χ3v) is 2.75. The fourth-order valence-electron chi connectivity index (χ4n) is 1.72. The zero-order valence-corrected chi connectivity index (χ0v) is 11.6. The Bertz CT molecular complexity index is 146. The average Bonchev–Trinajstić information content (AvgIpc) is 2.35. The summed E-state index contributed by atoms with van der Waals surface area (Å²) in [5, 5.41) is 0. The van der Waals surface area contributed by atoms with Gasteiger partial charge in [0, 0.05) is 6.61 Å². The molecule has 0 aliphatic heterocycles. The fraction of sp³-hybridized carbons (Fsp3) is 0.867. The summed E-state index contributed by atoms with van der Waals surface area (Å²) in [4.78, 5) is 0. The average molecular weight is 242 g/mol. The lowest BCUT2D eigenvalue weighted by atomic mass is 10.1. The first-order chi connectivity index (χ1) is 8.41. The molecular formula is C15H30O2. The SMILES string of the molecule is C=CCOCCOCCCCCCCCCC. The van der Waals surface area contributed by atoms with E-state index in [1.165, 1.54) is 51.4 Å². The minimum Gasteiger partial charge on any atom is -0.379 e. The van der Waals surface area contributed by atoms with Crippen LogP contribution in [0.15, 0.2) is 12.7 Å². The van der Waals surface area contributed by atoms with Gasteiger partial charge in [0.05, 0.1) is 19.8 Å². The first-order valence-corrected chi connectivity index (χ1v) is 7.18. The van der Waals surface area contributed by atoms with E-state index >= 15 is 0 Å². The first-order valence-electron chi connectivity index (χ1n) is 7.18. The van der Waals surface area contributed by atoms with Crippen molar-refractivity contribution in [2.75, 3.05) is 26.4 Å². The van der Waals surface area contributed by atoms with E-state index in [0.29, 0.717) is 19.8 Å². The van der Waals surface area contributed by atoms with Crippen molar-refractivity contribution in [3.05, 3.63) is 12.7 Å². The zero-order valence-electron chi connectivity index (χ0n) is 11.6. The molecule has 2 nitrogen and oxygen atoms in total. The van der Waals surface area contributed by atoms with Gasteiger partial charge in [0.15, 0.2) is 0 Å². The second-order valence-corrected chi connectivity index (χ2v) is 4.45. The molecule has 102 valence electrons. The fourth-order valence-corrected chi connectivity index (χ4v) is 1.72. The highest BCUT2D eigenvalue weighted by atomic mass is 16.5. The van der Waals surface area contributed by atoms with Crippen LogP contribution >= 0.6 is 0 Å². The summed E-state index contributed by atoms with van der Waals surface area (Å²) in [7, 11) is 0. The van der Waals surface area contributed by atoms with Crippen LogP contribution in [0.5, 0.6) is 0 Å². The van der Waals surface area contributed by atoms with Gasteiger partial charge in [-0.2, -0.15) is 0 Å². The van der Waals surface area contributed by atoms with Gasteiger partial charge >= 0.3 is 0 Å². The summed E-state index contributed by atoms with van der Waals surface area (Å²) in [5.74, 6) is 0. The highest BCUT2D eigenvalue weighted by molar-refractivity contribution is 4.63. The highest BCUT2D eigenvalue weighted by Crippen LogP contribution is 2.08. The van der Waals surface area contributed by atoms with Gasteiger partial charge in [0.1, 0.15) is 0 Å². The summed E-state index contributed by atoms with van der Waals surface area (Å²) >= 11 is 0. The molecule has 0 heterocycles. The van der Waals surface area contributed by atoms with Gasteiger partial charge in [-0.15, -0.1) is 6.58 Å². The highest BCUT2D eigenvalue weighted by Gasteiger charge is 1.92. The minimum absolute atomic E-state index is 0.626. The molecule has 0 aliphatic carbocycles. The molecule has 0 spiro atoms. The van der Waals surface area contributed by atoms with E-state index < -0.39 is 0 Å². The van der Waals surface area contributed by atoms with E-state index in [2.05, 4.69) is 13.5 Å². The largest absolute Gasteiger partial charge is 0.379 e. The Morgan fingerprint density at radius 1 is 0.765 bits per heavy atom. The molecule has 2 heteroatoms. The van der Waals surface area contributed by atoms with Crippen LogP contribution in [0.1, 0.15) is 58.3 Å². The molecule has 0 unspecified atom stereocenters. The van der Waals surface area contributed by atoms with Crippen LogP contribution in [-0.2, 0) is 9.47 Å². The van der Waals surface area contributed by atoms with Gasteiger partial charge in [0.25, 0.3) is 0 Å². The van der Waals surface area contributed by atoms with Crippen molar-refractivity contribution in [1.29, 1.82) is 0 Å². The molecule has 0 bridgehead atoms. The lowest BCUT2D eigenvalue weighted by molar-refractivity contribution is 0.0567. The normalized spacial score (nSPS) is 10.6. The molecule has 0 amide bonds. The summed E-state index contributed by atoms with van der Waals surface area (Å²) in [5.41, 5.74) is 0. The van der Waals surface area contributed by atoms with Crippen molar-refractivity contribution in [3.8, 4) is 0 Å². The van der Waals surface area contributed by atoms with Crippen molar-refractivity contribution < 1.29 is 9.47 Å². The Morgan fingerprint density at radius 3 is 2.00 bits per heavy atom. The predicted octanol–water partition coefficient (Wildman–Crippen LogP) is 4.35. The van der Waals surface area contributed by atoms with Gasteiger partial charge in [-0.1, -0.05) is 57.9 Å². The number of hydrogen-bond acceptors (Lipinski definition) is 2. The summed E-state index contributed by atoms with van der Waals surface area (Å²) in [6, 6.07) is 0. The smallest absolute Gasteiger partial charge is 0.0704 e. The summed E-state index contributed by atoms with van der Waals surface area (Å²) in [6.45, 7) is 8.75. The molecule has 0 aromatic heterocycles. The summed E-state index contributed by atoms with van der Waals surface area (Å²) < 4.78 is 10.7.